The zero-order valence-electron chi connectivity index (χ0n) is 15.7. The first kappa shape index (κ1) is 18.8. The number of aromatic nitrogens is 3. The number of rotatable bonds is 6. The van der Waals surface area contributed by atoms with Gasteiger partial charge in [0.15, 0.2) is 21.2 Å². The maximum atomic E-state index is 12.4. The van der Waals surface area contributed by atoms with Gasteiger partial charge < -0.3 is 9.30 Å². The van der Waals surface area contributed by atoms with E-state index in [4.69, 9.17) is 0 Å². The molecule has 0 N–H and O–H groups in total. The van der Waals surface area contributed by atoms with Crippen molar-refractivity contribution in [3.05, 3.63) is 18.1 Å². The van der Waals surface area contributed by atoms with Crippen molar-refractivity contribution < 1.29 is 17.9 Å². The SMILES string of the molecule is COC(=O)CS(=O)(=O)c1cnc2c(c1)nc(CC(C)(C)C)n2CC1CC1. The van der Waals surface area contributed by atoms with E-state index in [1.54, 1.807) is 0 Å². The highest BCUT2D eigenvalue weighted by Gasteiger charge is 2.27. The van der Waals surface area contributed by atoms with Crippen LogP contribution in [0.2, 0.25) is 0 Å². The number of carbonyl (C=O) groups is 1. The third-order valence-electron chi connectivity index (χ3n) is 4.36. The second kappa shape index (κ2) is 6.64. The molecular weight excluding hydrogens is 354 g/mol. The number of carbonyl (C=O) groups excluding carboxylic acids is 1. The van der Waals surface area contributed by atoms with E-state index in [1.165, 1.54) is 25.1 Å². The van der Waals surface area contributed by atoms with Gasteiger partial charge in [-0.05, 0) is 30.2 Å². The summed E-state index contributed by atoms with van der Waals surface area (Å²) in [6.45, 7) is 7.30. The molecule has 1 aliphatic rings. The molecule has 26 heavy (non-hydrogen) atoms. The highest BCUT2D eigenvalue weighted by Crippen LogP contribution is 2.33. The quantitative estimate of drug-likeness (QED) is 0.716. The Balaban J connectivity index is 2.02. The van der Waals surface area contributed by atoms with Crippen LogP contribution < -0.4 is 0 Å². The number of ether oxygens (including phenoxy) is 1. The third-order valence-corrected chi connectivity index (χ3v) is 5.92. The second-order valence-corrected chi connectivity index (χ2v) is 10.2. The van der Waals surface area contributed by atoms with E-state index in [9.17, 15) is 13.2 Å². The molecule has 2 heterocycles. The van der Waals surface area contributed by atoms with Crippen molar-refractivity contribution in [3.63, 3.8) is 0 Å². The number of pyridine rings is 1. The van der Waals surface area contributed by atoms with Gasteiger partial charge in [0.1, 0.15) is 11.3 Å². The zero-order chi connectivity index (χ0) is 19.1. The van der Waals surface area contributed by atoms with Crippen molar-refractivity contribution in [1.29, 1.82) is 0 Å². The molecule has 142 valence electrons. The van der Waals surface area contributed by atoms with Crippen LogP contribution >= 0.6 is 0 Å². The third kappa shape index (κ3) is 4.23. The number of esters is 1. The van der Waals surface area contributed by atoms with Crippen LogP contribution in [0.15, 0.2) is 17.2 Å². The molecule has 8 heteroatoms. The fourth-order valence-electron chi connectivity index (χ4n) is 2.87. The van der Waals surface area contributed by atoms with E-state index >= 15 is 0 Å². The number of hydrogen-bond donors (Lipinski definition) is 0. The summed E-state index contributed by atoms with van der Waals surface area (Å²) in [5.41, 5.74) is 1.31. The first-order valence-electron chi connectivity index (χ1n) is 8.74. The van der Waals surface area contributed by atoms with E-state index in [1.807, 2.05) is 0 Å². The Kier molecular flexibility index (Phi) is 4.81. The van der Waals surface area contributed by atoms with Gasteiger partial charge in [0.05, 0.1) is 12.0 Å². The number of sulfone groups is 1. The molecule has 0 unspecified atom stereocenters. The molecule has 0 atom stereocenters. The van der Waals surface area contributed by atoms with Gasteiger partial charge in [-0.1, -0.05) is 20.8 Å². The Morgan fingerprint density at radius 2 is 2.04 bits per heavy atom. The molecule has 0 aromatic carbocycles. The van der Waals surface area contributed by atoms with Gasteiger partial charge in [0, 0.05) is 19.2 Å². The molecule has 0 aliphatic heterocycles. The van der Waals surface area contributed by atoms with Gasteiger partial charge in [-0.2, -0.15) is 0 Å². The molecule has 7 nitrogen and oxygen atoms in total. The van der Waals surface area contributed by atoms with Crippen LogP contribution in [-0.4, -0.2) is 41.8 Å². The van der Waals surface area contributed by atoms with Gasteiger partial charge in [-0.3, -0.25) is 4.79 Å². The normalized spacial score (nSPS) is 15.4. The summed E-state index contributed by atoms with van der Waals surface area (Å²) < 4.78 is 31.3. The summed E-state index contributed by atoms with van der Waals surface area (Å²) >= 11 is 0. The summed E-state index contributed by atoms with van der Waals surface area (Å²) in [5.74, 6) is 0.0803. The van der Waals surface area contributed by atoms with Gasteiger partial charge in [-0.15, -0.1) is 0 Å². The van der Waals surface area contributed by atoms with E-state index in [2.05, 4.69) is 40.0 Å². The predicted octanol–water partition coefficient (Wildman–Crippen LogP) is 2.38. The molecule has 0 spiro atoms. The van der Waals surface area contributed by atoms with E-state index in [0.717, 1.165) is 25.9 Å². The summed E-state index contributed by atoms with van der Waals surface area (Å²) in [6, 6.07) is 1.51. The number of imidazole rings is 1. The molecule has 1 fully saturated rings. The molecule has 0 radical (unpaired) electrons. The zero-order valence-corrected chi connectivity index (χ0v) is 16.5. The smallest absolute Gasteiger partial charge is 0.321 e. The molecule has 0 saturated heterocycles. The lowest BCUT2D eigenvalue weighted by Crippen LogP contribution is -2.17. The Hall–Kier alpha value is -1.96. The average molecular weight is 379 g/mol. The topological polar surface area (TPSA) is 91.2 Å². The maximum Gasteiger partial charge on any atom is 0.321 e. The molecule has 1 saturated carbocycles. The Labute approximate surface area is 153 Å². The predicted molar refractivity (Wildman–Crippen MR) is 97.5 cm³/mol. The number of hydrogen-bond acceptors (Lipinski definition) is 6. The average Bonchev–Trinajstić information content (AvgIpc) is 3.28. The minimum atomic E-state index is -3.80. The van der Waals surface area contributed by atoms with Crippen molar-refractivity contribution in [2.45, 2.75) is 51.5 Å². The highest BCUT2D eigenvalue weighted by molar-refractivity contribution is 7.92. The molecule has 0 bridgehead atoms. The highest BCUT2D eigenvalue weighted by atomic mass is 32.2. The lowest BCUT2D eigenvalue weighted by atomic mass is 9.92. The van der Waals surface area contributed by atoms with E-state index < -0.39 is 21.6 Å². The molecule has 0 amide bonds. The van der Waals surface area contributed by atoms with Crippen molar-refractivity contribution in [2.75, 3.05) is 12.9 Å². The summed E-state index contributed by atoms with van der Waals surface area (Å²) in [7, 11) is -2.63. The van der Waals surface area contributed by atoms with Crippen LogP contribution in [-0.2, 0) is 32.3 Å². The summed E-state index contributed by atoms with van der Waals surface area (Å²) in [5, 5.41) is 0. The minimum Gasteiger partial charge on any atom is -0.468 e. The van der Waals surface area contributed by atoms with Crippen molar-refractivity contribution >= 4 is 27.0 Å². The number of methoxy groups -OCH3 is 1. The minimum absolute atomic E-state index is 0.00576. The Morgan fingerprint density at radius 3 is 2.62 bits per heavy atom. The van der Waals surface area contributed by atoms with Crippen molar-refractivity contribution in [1.82, 2.24) is 14.5 Å². The van der Waals surface area contributed by atoms with Gasteiger partial charge >= 0.3 is 5.97 Å². The largest absolute Gasteiger partial charge is 0.468 e. The van der Waals surface area contributed by atoms with Gasteiger partial charge in [-0.25, -0.2) is 18.4 Å². The fraction of sp³-hybridized carbons (Fsp3) is 0.611. The number of nitrogens with zero attached hydrogens (tertiary/aromatic N) is 3. The molecule has 3 rings (SSSR count). The first-order chi connectivity index (χ1) is 12.1. The van der Waals surface area contributed by atoms with Crippen LogP contribution in [0.1, 0.15) is 39.4 Å². The van der Waals surface area contributed by atoms with Crippen molar-refractivity contribution in [2.24, 2.45) is 11.3 Å². The molecule has 2 aromatic rings. The van der Waals surface area contributed by atoms with Gasteiger partial charge in [0.25, 0.3) is 0 Å². The molecular formula is C18H25N3O4S. The summed E-state index contributed by atoms with van der Waals surface area (Å²) in [6.07, 6.45) is 4.51. The molecule has 1 aliphatic carbocycles. The second-order valence-electron chi connectivity index (χ2n) is 8.17. The standard InChI is InChI=1S/C18H25N3O4S/c1-18(2,3)8-15-20-14-7-13(26(23,24)11-16(22)25-4)9-19-17(14)21(15)10-12-5-6-12/h7,9,12H,5-6,8,10-11H2,1-4H3. The Bertz CT molecular complexity index is 937. The van der Waals surface area contributed by atoms with Crippen LogP contribution in [0.4, 0.5) is 0 Å². The number of fused-ring (bicyclic) bond motifs is 1. The van der Waals surface area contributed by atoms with Crippen LogP contribution in [0.3, 0.4) is 0 Å². The van der Waals surface area contributed by atoms with Gasteiger partial charge in [0.2, 0.25) is 0 Å². The molecule has 2 aromatic heterocycles. The van der Waals surface area contributed by atoms with Crippen LogP contribution in [0.25, 0.3) is 11.2 Å². The fourth-order valence-corrected chi connectivity index (χ4v) is 3.97. The first-order valence-corrected chi connectivity index (χ1v) is 10.4. The Morgan fingerprint density at radius 1 is 1.35 bits per heavy atom. The monoisotopic (exact) mass is 379 g/mol. The lowest BCUT2D eigenvalue weighted by Gasteiger charge is -2.18. The van der Waals surface area contributed by atoms with Crippen molar-refractivity contribution in [3.8, 4) is 0 Å². The van der Waals surface area contributed by atoms with E-state index in [-0.39, 0.29) is 10.3 Å². The maximum absolute atomic E-state index is 12.4. The van der Waals surface area contributed by atoms with Crippen LogP contribution in [0, 0.1) is 11.3 Å². The van der Waals surface area contributed by atoms with E-state index in [0.29, 0.717) is 17.1 Å². The lowest BCUT2D eigenvalue weighted by molar-refractivity contribution is -0.137. The summed E-state index contributed by atoms with van der Waals surface area (Å²) in [4.78, 5) is 20.4. The van der Waals surface area contributed by atoms with Crippen LogP contribution in [0.5, 0.6) is 0 Å².